The highest BCUT2D eigenvalue weighted by Crippen LogP contribution is 2.72. The van der Waals surface area contributed by atoms with Crippen molar-refractivity contribution in [3.63, 3.8) is 0 Å². The largest absolute Gasteiger partial charge is 0.316 e. The van der Waals surface area contributed by atoms with E-state index >= 15 is 0 Å². The molecule has 2 unspecified atom stereocenters. The summed E-state index contributed by atoms with van der Waals surface area (Å²) in [6.45, 7) is 5.09. The maximum atomic E-state index is 13.4. The molecule has 0 aromatic rings. The van der Waals surface area contributed by atoms with Gasteiger partial charge in [0.2, 0.25) is 0 Å². The SMILES string of the molecule is CC(C)C12CCNCC1C2(F)F. The summed E-state index contributed by atoms with van der Waals surface area (Å²) in [5.74, 6) is -2.68. The van der Waals surface area contributed by atoms with Crippen LogP contribution in [0.1, 0.15) is 20.3 Å². The van der Waals surface area contributed by atoms with Crippen LogP contribution in [0.15, 0.2) is 0 Å². The molecule has 2 fully saturated rings. The van der Waals surface area contributed by atoms with Gasteiger partial charge in [-0.15, -0.1) is 0 Å². The third-order valence-electron chi connectivity index (χ3n) is 3.69. The molecule has 0 amide bonds. The zero-order valence-corrected chi connectivity index (χ0v) is 7.53. The summed E-state index contributed by atoms with van der Waals surface area (Å²) in [6.07, 6.45) is 0.641. The molecule has 0 radical (unpaired) electrons. The number of fused-ring (bicyclic) bond motifs is 1. The number of rotatable bonds is 1. The van der Waals surface area contributed by atoms with Crippen LogP contribution in [0.25, 0.3) is 0 Å². The summed E-state index contributed by atoms with van der Waals surface area (Å²) < 4.78 is 26.7. The van der Waals surface area contributed by atoms with Crippen LogP contribution in [-0.2, 0) is 0 Å². The van der Waals surface area contributed by atoms with Crippen molar-refractivity contribution in [1.29, 1.82) is 0 Å². The van der Waals surface area contributed by atoms with Gasteiger partial charge in [0.1, 0.15) is 0 Å². The number of piperidine rings is 1. The van der Waals surface area contributed by atoms with Gasteiger partial charge in [-0.2, -0.15) is 0 Å². The van der Waals surface area contributed by atoms with Gasteiger partial charge in [-0.1, -0.05) is 13.8 Å². The predicted molar refractivity (Wildman–Crippen MR) is 43.2 cm³/mol. The van der Waals surface area contributed by atoms with E-state index in [0.717, 1.165) is 6.54 Å². The van der Waals surface area contributed by atoms with Gasteiger partial charge in [-0.25, -0.2) is 8.78 Å². The van der Waals surface area contributed by atoms with Gasteiger partial charge in [0, 0.05) is 17.9 Å². The molecule has 0 bridgehead atoms. The predicted octanol–water partition coefficient (Wildman–Crippen LogP) is 1.89. The van der Waals surface area contributed by atoms with Gasteiger partial charge < -0.3 is 5.32 Å². The minimum absolute atomic E-state index is 0.111. The minimum Gasteiger partial charge on any atom is -0.316 e. The molecular weight excluding hydrogens is 160 g/mol. The molecule has 2 atom stereocenters. The number of alkyl halides is 2. The summed E-state index contributed by atoms with van der Waals surface area (Å²) in [5, 5.41) is 3.03. The monoisotopic (exact) mass is 175 g/mol. The van der Waals surface area contributed by atoms with Crippen LogP contribution >= 0.6 is 0 Å². The van der Waals surface area contributed by atoms with E-state index in [1.54, 1.807) is 0 Å². The van der Waals surface area contributed by atoms with E-state index in [0.29, 0.717) is 13.0 Å². The van der Waals surface area contributed by atoms with Gasteiger partial charge in [0.25, 0.3) is 5.92 Å². The third kappa shape index (κ3) is 0.709. The van der Waals surface area contributed by atoms with Gasteiger partial charge in [0.15, 0.2) is 0 Å². The summed E-state index contributed by atoms with van der Waals surface area (Å²) in [5.41, 5.74) is -0.655. The van der Waals surface area contributed by atoms with Crippen LogP contribution in [0.3, 0.4) is 0 Å². The van der Waals surface area contributed by atoms with E-state index in [-0.39, 0.29) is 5.92 Å². The molecule has 2 rings (SSSR count). The maximum Gasteiger partial charge on any atom is 0.259 e. The smallest absolute Gasteiger partial charge is 0.259 e. The second kappa shape index (κ2) is 2.19. The van der Waals surface area contributed by atoms with Crippen molar-refractivity contribution in [3.8, 4) is 0 Å². The van der Waals surface area contributed by atoms with E-state index in [2.05, 4.69) is 5.32 Å². The van der Waals surface area contributed by atoms with Crippen LogP contribution < -0.4 is 5.32 Å². The fourth-order valence-electron chi connectivity index (χ4n) is 2.82. The van der Waals surface area contributed by atoms with Gasteiger partial charge in [-0.05, 0) is 18.9 Å². The standard InChI is InChI=1S/C9H15F2N/c1-6(2)8-3-4-12-5-7(8)9(8,10)11/h6-7,12H,3-5H2,1-2H3. The van der Waals surface area contributed by atoms with Crippen molar-refractivity contribution in [2.75, 3.05) is 13.1 Å². The van der Waals surface area contributed by atoms with E-state index in [9.17, 15) is 8.78 Å². The van der Waals surface area contributed by atoms with Crippen LogP contribution in [0.4, 0.5) is 8.78 Å². The number of hydrogen-bond acceptors (Lipinski definition) is 1. The Labute approximate surface area is 71.5 Å². The van der Waals surface area contributed by atoms with Gasteiger partial charge in [-0.3, -0.25) is 0 Å². The molecule has 1 aliphatic heterocycles. The molecule has 1 heterocycles. The Hall–Kier alpha value is -0.180. The maximum absolute atomic E-state index is 13.4. The highest BCUT2D eigenvalue weighted by molar-refractivity contribution is 5.21. The first-order valence-corrected chi connectivity index (χ1v) is 4.62. The minimum atomic E-state index is -2.40. The van der Waals surface area contributed by atoms with Crippen LogP contribution in [-0.4, -0.2) is 19.0 Å². The average molecular weight is 175 g/mol. The van der Waals surface area contributed by atoms with Crippen molar-refractivity contribution >= 4 is 0 Å². The second-order valence-electron chi connectivity index (χ2n) is 4.32. The summed E-state index contributed by atoms with van der Waals surface area (Å²) >= 11 is 0. The first kappa shape index (κ1) is 8.42. The van der Waals surface area contributed by atoms with Crippen LogP contribution in [0.5, 0.6) is 0 Å². The zero-order valence-electron chi connectivity index (χ0n) is 7.53. The van der Waals surface area contributed by atoms with E-state index in [1.807, 2.05) is 13.8 Å². The average Bonchev–Trinajstić information content (AvgIpc) is 2.52. The normalized spacial score (nSPS) is 44.2. The molecule has 0 aromatic heterocycles. The second-order valence-corrected chi connectivity index (χ2v) is 4.32. The molecule has 1 saturated carbocycles. The number of nitrogens with one attached hydrogen (secondary N) is 1. The fourth-order valence-corrected chi connectivity index (χ4v) is 2.82. The number of hydrogen-bond donors (Lipinski definition) is 1. The fraction of sp³-hybridized carbons (Fsp3) is 1.00. The molecule has 1 saturated heterocycles. The molecule has 12 heavy (non-hydrogen) atoms. The number of halogens is 2. The lowest BCUT2D eigenvalue weighted by Gasteiger charge is -2.24. The third-order valence-corrected chi connectivity index (χ3v) is 3.69. The first-order chi connectivity index (χ1) is 5.53. The van der Waals surface area contributed by atoms with Crippen molar-refractivity contribution in [2.24, 2.45) is 17.3 Å². The lowest BCUT2D eigenvalue weighted by Crippen LogP contribution is -2.32. The summed E-state index contributed by atoms with van der Waals surface area (Å²) in [6, 6.07) is 0. The Morgan fingerprint density at radius 2 is 2.08 bits per heavy atom. The quantitative estimate of drug-likeness (QED) is 0.641. The molecule has 1 aliphatic carbocycles. The zero-order chi connectivity index (χ0) is 8.98. The van der Waals surface area contributed by atoms with Crippen molar-refractivity contribution in [2.45, 2.75) is 26.2 Å². The van der Waals surface area contributed by atoms with Gasteiger partial charge in [0.05, 0.1) is 0 Å². The Kier molecular flexibility index (Phi) is 1.54. The molecule has 70 valence electrons. The molecule has 1 N–H and O–H groups in total. The molecule has 3 heteroatoms. The Morgan fingerprint density at radius 1 is 1.42 bits per heavy atom. The van der Waals surface area contributed by atoms with Crippen molar-refractivity contribution in [1.82, 2.24) is 5.32 Å². The highest BCUT2D eigenvalue weighted by Gasteiger charge is 2.80. The summed E-state index contributed by atoms with van der Waals surface area (Å²) in [4.78, 5) is 0. The van der Waals surface area contributed by atoms with Crippen LogP contribution in [0.2, 0.25) is 0 Å². The molecule has 2 aliphatic rings. The molecule has 0 aromatic carbocycles. The Balaban J connectivity index is 2.24. The topological polar surface area (TPSA) is 12.0 Å². The Morgan fingerprint density at radius 3 is 2.50 bits per heavy atom. The first-order valence-electron chi connectivity index (χ1n) is 4.62. The van der Waals surface area contributed by atoms with Crippen LogP contribution in [0, 0.1) is 17.3 Å². The lowest BCUT2D eigenvalue weighted by molar-refractivity contribution is 0.0407. The Bertz CT molecular complexity index is 203. The molecule has 0 spiro atoms. The highest BCUT2D eigenvalue weighted by atomic mass is 19.3. The summed E-state index contributed by atoms with van der Waals surface area (Å²) in [7, 11) is 0. The van der Waals surface area contributed by atoms with Crippen molar-refractivity contribution < 1.29 is 8.78 Å². The van der Waals surface area contributed by atoms with Gasteiger partial charge >= 0.3 is 0 Å². The van der Waals surface area contributed by atoms with E-state index in [1.165, 1.54) is 0 Å². The van der Waals surface area contributed by atoms with Crippen molar-refractivity contribution in [3.05, 3.63) is 0 Å². The van der Waals surface area contributed by atoms with E-state index < -0.39 is 17.3 Å². The van der Waals surface area contributed by atoms with E-state index in [4.69, 9.17) is 0 Å². The molecule has 1 nitrogen and oxygen atoms in total. The molecular formula is C9H15F2N. The lowest BCUT2D eigenvalue weighted by atomic mass is 9.84.